The van der Waals surface area contributed by atoms with Gasteiger partial charge >= 0.3 is 0 Å². The molecule has 0 amide bonds. The molecule has 0 aliphatic rings. The molecule has 0 saturated heterocycles. The van der Waals surface area contributed by atoms with Gasteiger partial charge in [0.15, 0.2) is 5.76 Å². The van der Waals surface area contributed by atoms with Crippen LogP contribution in [0.25, 0.3) is 11.3 Å². The number of benzene rings is 1. The normalized spacial score (nSPS) is 10.6. The fourth-order valence-electron chi connectivity index (χ4n) is 1.57. The second-order valence-electron chi connectivity index (χ2n) is 3.96. The van der Waals surface area contributed by atoms with Crippen molar-refractivity contribution in [1.29, 1.82) is 5.26 Å². The molecule has 0 unspecified atom stereocenters. The summed E-state index contributed by atoms with van der Waals surface area (Å²) in [5.41, 5.74) is 0.893. The Bertz CT molecular complexity index is 574. The van der Waals surface area contributed by atoms with Gasteiger partial charge in [-0.2, -0.15) is 5.26 Å². The van der Waals surface area contributed by atoms with E-state index in [2.05, 4.69) is 11.1 Å². The monoisotopic (exact) mass is 261 g/mol. The highest BCUT2D eigenvalue weighted by Crippen LogP contribution is 2.23. The summed E-state index contributed by atoms with van der Waals surface area (Å²) in [6.07, 6.45) is 1.67. The number of nitrogens with zero attached hydrogens (tertiary/aromatic N) is 3. The van der Waals surface area contributed by atoms with Gasteiger partial charge in [0.1, 0.15) is 0 Å². The van der Waals surface area contributed by atoms with Crippen LogP contribution in [0.1, 0.15) is 5.89 Å². The molecule has 4 nitrogen and oxygen atoms in total. The van der Waals surface area contributed by atoms with Crippen molar-refractivity contribution >= 4 is 11.6 Å². The van der Waals surface area contributed by atoms with Crippen molar-refractivity contribution < 1.29 is 4.42 Å². The smallest absolute Gasteiger partial charge is 0.209 e. The van der Waals surface area contributed by atoms with Gasteiger partial charge in [0.05, 0.1) is 25.4 Å². The first-order valence-electron chi connectivity index (χ1n) is 5.45. The van der Waals surface area contributed by atoms with Crippen molar-refractivity contribution in [3.8, 4) is 17.4 Å². The van der Waals surface area contributed by atoms with Crippen LogP contribution < -0.4 is 0 Å². The minimum absolute atomic E-state index is 0.342. The van der Waals surface area contributed by atoms with Gasteiger partial charge in [-0.05, 0) is 19.2 Å². The van der Waals surface area contributed by atoms with E-state index in [9.17, 15) is 0 Å². The van der Waals surface area contributed by atoms with Gasteiger partial charge in [0, 0.05) is 10.6 Å². The van der Waals surface area contributed by atoms with Crippen LogP contribution in [0.4, 0.5) is 0 Å². The first kappa shape index (κ1) is 12.6. The quantitative estimate of drug-likeness (QED) is 0.794. The van der Waals surface area contributed by atoms with E-state index in [-0.39, 0.29) is 0 Å². The Morgan fingerprint density at radius 3 is 3.06 bits per heavy atom. The Labute approximate surface area is 110 Å². The van der Waals surface area contributed by atoms with E-state index in [1.54, 1.807) is 6.20 Å². The van der Waals surface area contributed by atoms with Crippen LogP contribution in [0.3, 0.4) is 0 Å². The number of halogens is 1. The molecule has 1 aromatic carbocycles. The first-order chi connectivity index (χ1) is 8.69. The zero-order valence-corrected chi connectivity index (χ0v) is 10.7. The molecular weight excluding hydrogens is 250 g/mol. The molecule has 18 heavy (non-hydrogen) atoms. The van der Waals surface area contributed by atoms with Crippen molar-refractivity contribution in [2.75, 3.05) is 13.6 Å². The van der Waals surface area contributed by atoms with Gasteiger partial charge in [0.25, 0.3) is 0 Å². The molecule has 0 aliphatic heterocycles. The molecule has 1 heterocycles. The molecular formula is C13H12ClN3O. The molecule has 2 aromatic rings. The molecule has 2 rings (SSSR count). The van der Waals surface area contributed by atoms with E-state index in [0.29, 0.717) is 29.8 Å². The van der Waals surface area contributed by atoms with E-state index in [4.69, 9.17) is 21.3 Å². The van der Waals surface area contributed by atoms with Gasteiger partial charge in [-0.1, -0.05) is 23.7 Å². The van der Waals surface area contributed by atoms with Gasteiger partial charge in [0.2, 0.25) is 5.89 Å². The lowest BCUT2D eigenvalue weighted by molar-refractivity contribution is 0.320. The summed E-state index contributed by atoms with van der Waals surface area (Å²) in [6, 6.07) is 9.48. The maximum absolute atomic E-state index is 8.57. The van der Waals surface area contributed by atoms with Gasteiger partial charge in [-0.25, -0.2) is 4.98 Å². The van der Waals surface area contributed by atoms with E-state index in [1.807, 2.05) is 36.2 Å². The third-order valence-electron chi connectivity index (χ3n) is 2.41. The van der Waals surface area contributed by atoms with E-state index in [1.165, 1.54) is 0 Å². The lowest BCUT2D eigenvalue weighted by atomic mass is 10.2. The lowest BCUT2D eigenvalue weighted by Gasteiger charge is -2.08. The highest BCUT2D eigenvalue weighted by molar-refractivity contribution is 6.30. The molecule has 92 valence electrons. The lowest BCUT2D eigenvalue weighted by Crippen LogP contribution is -2.17. The summed E-state index contributed by atoms with van der Waals surface area (Å²) in [5, 5.41) is 9.23. The third-order valence-corrected chi connectivity index (χ3v) is 2.64. The number of rotatable bonds is 4. The van der Waals surface area contributed by atoms with Crippen LogP contribution in [0.2, 0.25) is 5.02 Å². The molecule has 0 aliphatic carbocycles. The molecule has 1 aromatic heterocycles. The van der Waals surface area contributed by atoms with E-state index in [0.717, 1.165) is 5.56 Å². The average Bonchev–Trinajstić information content (AvgIpc) is 2.78. The highest BCUT2D eigenvalue weighted by atomic mass is 35.5. The minimum Gasteiger partial charge on any atom is -0.439 e. The number of oxazole rings is 1. The van der Waals surface area contributed by atoms with Crippen molar-refractivity contribution in [3.05, 3.63) is 41.4 Å². The zero-order chi connectivity index (χ0) is 13.0. The predicted octanol–water partition coefficient (Wildman–Crippen LogP) is 2.95. The van der Waals surface area contributed by atoms with Crippen molar-refractivity contribution in [2.45, 2.75) is 6.54 Å². The van der Waals surface area contributed by atoms with Gasteiger partial charge < -0.3 is 4.42 Å². The Morgan fingerprint density at radius 1 is 1.50 bits per heavy atom. The summed E-state index contributed by atoms with van der Waals surface area (Å²) in [5.74, 6) is 1.26. The van der Waals surface area contributed by atoms with Gasteiger partial charge in [-0.15, -0.1) is 0 Å². The van der Waals surface area contributed by atoms with Gasteiger partial charge in [-0.3, -0.25) is 4.90 Å². The number of hydrogen-bond donors (Lipinski definition) is 0. The fourth-order valence-corrected chi connectivity index (χ4v) is 1.76. The molecule has 0 N–H and O–H groups in total. The topological polar surface area (TPSA) is 53.1 Å². The summed E-state index contributed by atoms with van der Waals surface area (Å²) >= 11 is 5.92. The second-order valence-corrected chi connectivity index (χ2v) is 4.40. The summed E-state index contributed by atoms with van der Waals surface area (Å²) in [6.45, 7) is 0.850. The first-order valence-corrected chi connectivity index (χ1v) is 5.83. The molecule has 0 fully saturated rings. The molecule has 0 spiro atoms. The summed E-state index contributed by atoms with van der Waals surface area (Å²) in [4.78, 5) is 6.01. The van der Waals surface area contributed by atoms with Crippen LogP contribution in [0.5, 0.6) is 0 Å². The Kier molecular flexibility index (Phi) is 3.98. The van der Waals surface area contributed by atoms with Crippen molar-refractivity contribution in [2.24, 2.45) is 0 Å². The predicted molar refractivity (Wildman–Crippen MR) is 68.9 cm³/mol. The number of aromatic nitrogens is 1. The van der Waals surface area contributed by atoms with Crippen LogP contribution in [0, 0.1) is 11.3 Å². The average molecular weight is 262 g/mol. The maximum atomic E-state index is 8.57. The summed E-state index contributed by atoms with van der Waals surface area (Å²) < 4.78 is 5.62. The van der Waals surface area contributed by atoms with Crippen LogP contribution in [-0.2, 0) is 6.54 Å². The largest absolute Gasteiger partial charge is 0.439 e. The molecule has 0 atom stereocenters. The number of hydrogen-bond acceptors (Lipinski definition) is 4. The standard InChI is InChI=1S/C13H12ClN3O/c1-17(6-5-15)9-13-16-8-12(18-13)10-3-2-4-11(14)7-10/h2-4,7-8H,6,9H2,1H3. The highest BCUT2D eigenvalue weighted by Gasteiger charge is 2.08. The van der Waals surface area contributed by atoms with Crippen LogP contribution in [0.15, 0.2) is 34.9 Å². The fraction of sp³-hybridized carbons (Fsp3) is 0.231. The maximum Gasteiger partial charge on any atom is 0.209 e. The van der Waals surface area contributed by atoms with Crippen LogP contribution in [-0.4, -0.2) is 23.5 Å². The second kappa shape index (κ2) is 5.67. The number of nitriles is 1. The van der Waals surface area contributed by atoms with Crippen molar-refractivity contribution in [3.63, 3.8) is 0 Å². The molecule has 5 heteroatoms. The van der Waals surface area contributed by atoms with Crippen LogP contribution >= 0.6 is 11.6 Å². The zero-order valence-electron chi connectivity index (χ0n) is 9.93. The third kappa shape index (κ3) is 3.10. The SMILES string of the molecule is CN(CC#N)Cc1ncc(-c2cccc(Cl)c2)o1. The summed E-state index contributed by atoms with van der Waals surface area (Å²) in [7, 11) is 1.84. The minimum atomic E-state index is 0.342. The van der Waals surface area contributed by atoms with E-state index < -0.39 is 0 Å². The molecule has 0 radical (unpaired) electrons. The molecule has 0 saturated carbocycles. The van der Waals surface area contributed by atoms with Crippen molar-refractivity contribution in [1.82, 2.24) is 9.88 Å². The van der Waals surface area contributed by atoms with E-state index >= 15 is 0 Å². The molecule has 0 bridgehead atoms. The Morgan fingerprint density at radius 2 is 2.33 bits per heavy atom. The Balaban J connectivity index is 2.13. The Hall–Kier alpha value is -1.83.